The van der Waals surface area contributed by atoms with Gasteiger partial charge in [-0.25, -0.2) is 0 Å². The standard InChI is InChI=1S/C24H45NO3Si2/c1-23(2,3)29(7,8)27-21-17-25(16-19-14-12-11-13-15-19)20(18-26)22(21)28-30(9,10)24(4,5)6/h11-15,20-22,26H,16-18H2,1-10H3/t20-,21-,22-/m0/s1. The van der Waals surface area contributed by atoms with E-state index in [0.717, 1.165) is 13.1 Å². The lowest BCUT2D eigenvalue weighted by atomic mass is 10.1. The van der Waals surface area contributed by atoms with E-state index in [1.54, 1.807) is 0 Å². The molecule has 0 unspecified atom stereocenters. The first-order valence-electron chi connectivity index (χ1n) is 11.3. The Labute approximate surface area is 187 Å². The summed E-state index contributed by atoms with van der Waals surface area (Å²) in [6.07, 6.45) is -0.116. The molecule has 1 aliphatic rings. The van der Waals surface area contributed by atoms with Gasteiger partial charge in [-0.2, -0.15) is 0 Å². The van der Waals surface area contributed by atoms with Crippen LogP contribution in [-0.2, 0) is 15.4 Å². The zero-order valence-electron chi connectivity index (χ0n) is 21.0. The van der Waals surface area contributed by atoms with Gasteiger partial charge in [0.1, 0.15) is 0 Å². The van der Waals surface area contributed by atoms with Gasteiger partial charge in [-0.3, -0.25) is 4.90 Å². The summed E-state index contributed by atoms with van der Waals surface area (Å²) in [7, 11) is -3.98. The maximum absolute atomic E-state index is 10.4. The second-order valence-corrected chi connectivity index (χ2v) is 21.4. The number of hydrogen-bond acceptors (Lipinski definition) is 4. The Morgan fingerprint density at radius 1 is 0.900 bits per heavy atom. The van der Waals surface area contributed by atoms with E-state index in [1.165, 1.54) is 5.56 Å². The van der Waals surface area contributed by atoms with Crippen LogP contribution in [0.5, 0.6) is 0 Å². The molecule has 1 fully saturated rings. The molecule has 1 saturated heterocycles. The van der Waals surface area contributed by atoms with Gasteiger partial charge in [0.2, 0.25) is 0 Å². The highest BCUT2D eigenvalue weighted by atomic mass is 28.4. The van der Waals surface area contributed by atoms with E-state index in [-0.39, 0.29) is 34.9 Å². The molecule has 0 amide bonds. The van der Waals surface area contributed by atoms with Crippen molar-refractivity contribution in [2.75, 3.05) is 13.2 Å². The van der Waals surface area contributed by atoms with Gasteiger partial charge in [-0.15, -0.1) is 0 Å². The van der Waals surface area contributed by atoms with Crippen LogP contribution in [0.15, 0.2) is 30.3 Å². The Hall–Kier alpha value is -0.506. The van der Waals surface area contributed by atoms with Gasteiger partial charge in [0.15, 0.2) is 16.6 Å². The molecule has 1 heterocycles. The van der Waals surface area contributed by atoms with E-state index in [2.05, 4.69) is 96.9 Å². The van der Waals surface area contributed by atoms with Crippen molar-refractivity contribution >= 4 is 16.6 Å². The van der Waals surface area contributed by atoms with Gasteiger partial charge in [0.05, 0.1) is 24.9 Å². The first kappa shape index (κ1) is 25.8. The van der Waals surface area contributed by atoms with Crippen molar-refractivity contribution in [1.82, 2.24) is 4.90 Å². The monoisotopic (exact) mass is 451 g/mol. The van der Waals surface area contributed by atoms with Gasteiger partial charge in [-0.05, 0) is 41.8 Å². The maximum atomic E-state index is 10.4. The Kier molecular flexibility index (Phi) is 7.86. The molecular formula is C24H45NO3Si2. The third kappa shape index (κ3) is 5.84. The minimum atomic E-state index is -2.02. The molecule has 0 saturated carbocycles. The molecule has 4 nitrogen and oxygen atoms in total. The first-order valence-corrected chi connectivity index (χ1v) is 17.2. The summed E-state index contributed by atoms with van der Waals surface area (Å²) in [6, 6.07) is 10.5. The van der Waals surface area contributed by atoms with Crippen LogP contribution in [-0.4, -0.2) is 58.0 Å². The van der Waals surface area contributed by atoms with Crippen molar-refractivity contribution in [2.45, 2.75) is 103 Å². The maximum Gasteiger partial charge on any atom is 0.192 e. The summed E-state index contributed by atoms with van der Waals surface area (Å²) in [6.45, 7) is 24.6. The molecule has 1 aliphatic heterocycles. The molecule has 1 aromatic carbocycles. The van der Waals surface area contributed by atoms with Gasteiger partial charge in [0, 0.05) is 13.1 Å². The number of benzene rings is 1. The number of aliphatic hydroxyl groups excluding tert-OH is 1. The quantitative estimate of drug-likeness (QED) is 0.544. The zero-order valence-corrected chi connectivity index (χ0v) is 23.0. The number of hydrogen-bond donors (Lipinski definition) is 1. The molecular weight excluding hydrogens is 406 g/mol. The summed E-state index contributed by atoms with van der Waals surface area (Å²) < 4.78 is 13.9. The van der Waals surface area contributed by atoms with Gasteiger partial charge in [0.25, 0.3) is 0 Å². The Balaban J connectivity index is 2.35. The summed E-state index contributed by atoms with van der Waals surface area (Å²) in [5.74, 6) is 0. The highest BCUT2D eigenvalue weighted by Crippen LogP contribution is 2.43. The minimum Gasteiger partial charge on any atom is -0.410 e. The van der Waals surface area contributed by atoms with Crippen molar-refractivity contribution in [3.63, 3.8) is 0 Å². The van der Waals surface area contributed by atoms with Crippen LogP contribution in [0.1, 0.15) is 47.1 Å². The lowest BCUT2D eigenvalue weighted by Crippen LogP contribution is -2.53. The van der Waals surface area contributed by atoms with Gasteiger partial charge in [-0.1, -0.05) is 71.9 Å². The summed E-state index contributed by atoms with van der Waals surface area (Å²) in [4.78, 5) is 2.37. The van der Waals surface area contributed by atoms with Crippen molar-refractivity contribution < 1.29 is 14.0 Å². The molecule has 0 radical (unpaired) electrons. The van der Waals surface area contributed by atoms with Crippen LogP contribution >= 0.6 is 0 Å². The van der Waals surface area contributed by atoms with Crippen molar-refractivity contribution in [3.05, 3.63) is 35.9 Å². The molecule has 0 aromatic heterocycles. The van der Waals surface area contributed by atoms with Crippen LogP contribution in [0.25, 0.3) is 0 Å². The molecule has 0 bridgehead atoms. The average molecular weight is 452 g/mol. The van der Waals surface area contributed by atoms with Crippen molar-refractivity contribution in [1.29, 1.82) is 0 Å². The highest BCUT2D eigenvalue weighted by molar-refractivity contribution is 6.74. The number of aliphatic hydroxyl groups is 1. The van der Waals surface area contributed by atoms with Crippen molar-refractivity contribution in [2.24, 2.45) is 0 Å². The lowest BCUT2D eigenvalue weighted by Gasteiger charge is -2.44. The Bertz CT molecular complexity index is 680. The van der Waals surface area contributed by atoms with Crippen molar-refractivity contribution in [3.8, 4) is 0 Å². The fraction of sp³-hybridized carbons (Fsp3) is 0.750. The number of likely N-dealkylation sites (tertiary alicyclic amines) is 1. The summed E-state index contributed by atoms with van der Waals surface area (Å²) in [5, 5.41) is 10.7. The SMILES string of the molecule is CC(C)(C)[Si](C)(C)O[C@@H]1[C@@H](O[Si](C)(C)C(C)(C)C)CN(Cc2ccccc2)[C@H]1CO. The van der Waals surface area contributed by atoms with Crippen LogP contribution in [0.3, 0.4) is 0 Å². The average Bonchev–Trinajstić information content (AvgIpc) is 2.88. The molecule has 1 aromatic rings. The largest absolute Gasteiger partial charge is 0.410 e. The second-order valence-electron chi connectivity index (χ2n) is 11.9. The van der Waals surface area contributed by atoms with E-state index in [4.69, 9.17) is 8.85 Å². The molecule has 0 spiro atoms. The molecule has 172 valence electrons. The van der Waals surface area contributed by atoms with E-state index >= 15 is 0 Å². The molecule has 3 atom stereocenters. The second kappa shape index (κ2) is 9.16. The van der Waals surface area contributed by atoms with Crippen LogP contribution < -0.4 is 0 Å². The van der Waals surface area contributed by atoms with Gasteiger partial charge >= 0.3 is 0 Å². The summed E-state index contributed by atoms with van der Waals surface area (Å²) >= 11 is 0. The Morgan fingerprint density at radius 2 is 1.40 bits per heavy atom. The predicted molar refractivity (Wildman–Crippen MR) is 132 cm³/mol. The normalized spacial score (nSPS) is 24.4. The van der Waals surface area contributed by atoms with E-state index in [9.17, 15) is 5.11 Å². The smallest absolute Gasteiger partial charge is 0.192 e. The number of rotatable bonds is 7. The van der Waals surface area contributed by atoms with Crippen LogP contribution in [0.2, 0.25) is 36.3 Å². The summed E-state index contributed by atoms with van der Waals surface area (Å²) in [5.41, 5.74) is 1.26. The molecule has 2 rings (SSSR count). The van der Waals surface area contributed by atoms with Gasteiger partial charge < -0.3 is 14.0 Å². The van der Waals surface area contributed by atoms with Crippen LogP contribution in [0, 0.1) is 0 Å². The van der Waals surface area contributed by atoms with E-state index in [1.807, 2.05) is 6.07 Å². The van der Waals surface area contributed by atoms with Crippen LogP contribution in [0.4, 0.5) is 0 Å². The fourth-order valence-electron chi connectivity index (χ4n) is 3.48. The number of nitrogens with zero attached hydrogens (tertiary/aromatic N) is 1. The third-order valence-corrected chi connectivity index (χ3v) is 16.5. The fourth-order valence-corrected chi connectivity index (χ4v) is 6.14. The molecule has 1 N–H and O–H groups in total. The molecule has 0 aliphatic carbocycles. The first-order chi connectivity index (χ1) is 13.6. The topological polar surface area (TPSA) is 41.9 Å². The van der Waals surface area contributed by atoms with E-state index < -0.39 is 16.6 Å². The third-order valence-electron chi connectivity index (χ3n) is 7.53. The predicted octanol–water partition coefficient (Wildman–Crippen LogP) is 5.64. The Morgan fingerprint density at radius 3 is 1.87 bits per heavy atom. The van der Waals surface area contributed by atoms with E-state index in [0.29, 0.717) is 0 Å². The molecule has 6 heteroatoms. The lowest BCUT2D eigenvalue weighted by molar-refractivity contribution is 0.0335. The minimum absolute atomic E-state index is 0.0131. The zero-order chi connectivity index (χ0) is 23.0. The highest BCUT2D eigenvalue weighted by Gasteiger charge is 2.51. The molecule has 30 heavy (non-hydrogen) atoms.